The average Bonchev–Trinajstić information content (AvgIpc) is 3.13. The Morgan fingerprint density at radius 3 is 3.09 bits per heavy atom. The lowest BCUT2D eigenvalue weighted by atomic mass is 10.2. The molecule has 0 atom stereocenters. The summed E-state index contributed by atoms with van der Waals surface area (Å²) in [6.45, 7) is 3.76. The van der Waals surface area contributed by atoms with Crippen molar-refractivity contribution in [2.45, 2.75) is 11.3 Å². The van der Waals surface area contributed by atoms with Crippen LogP contribution in [0.2, 0.25) is 5.02 Å². The van der Waals surface area contributed by atoms with Crippen molar-refractivity contribution in [1.29, 1.82) is 0 Å². The predicted molar refractivity (Wildman–Crippen MR) is 93.0 cm³/mol. The SMILES string of the molecule is Cc1ccc(Nc2nnc(SCCN3CCOC3=O)s2)cc1Cl. The van der Waals surface area contributed by atoms with Crippen LogP contribution >= 0.6 is 34.7 Å². The molecular formula is C14H15ClN4O2S2. The van der Waals surface area contributed by atoms with Crippen molar-refractivity contribution >= 4 is 51.6 Å². The highest BCUT2D eigenvalue weighted by Crippen LogP contribution is 2.29. The van der Waals surface area contributed by atoms with Crippen molar-refractivity contribution in [2.75, 3.05) is 30.8 Å². The van der Waals surface area contributed by atoms with Gasteiger partial charge >= 0.3 is 6.09 Å². The smallest absolute Gasteiger partial charge is 0.409 e. The van der Waals surface area contributed by atoms with E-state index in [4.69, 9.17) is 16.3 Å². The molecule has 0 bridgehead atoms. The van der Waals surface area contributed by atoms with Crippen molar-refractivity contribution < 1.29 is 9.53 Å². The zero-order valence-corrected chi connectivity index (χ0v) is 14.8. The summed E-state index contributed by atoms with van der Waals surface area (Å²) >= 11 is 9.16. The van der Waals surface area contributed by atoms with Crippen LogP contribution < -0.4 is 5.32 Å². The first-order valence-electron chi connectivity index (χ1n) is 7.03. The van der Waals surface area contributed by atoms with E-state index in [1.807, 2.05) is 25.1 Å². The van der Waals surface area contributed by atoms with Crippen LogP contribution in [0.3, 0.4) is 0 Å². The maximum Gasteiger partial charge on any atom is 0.409 e. The number of amides is 1. The van der Waals surface area contributed by atoms with Gasteiger partial charge in [0.1, 0.15) is 6.61 Å². The highest BCUT2D eigenvalue weighted by Gasteiger charge is 2.21. The predicted octanol–water partition coefficient (Wildman–Crippen LogP) is 3.79. The second-order valence-electron chi connectivity index (χ2n) is 4.91. The first kappa shape index (κ1) is 16.4. The van der Waals surface area contributed by atoms with E-state index in [2.05, 4.69) is 15.5 Å². The van der Waals surface area contributed by atoms with Crippen molar-refractivity contribution in [1.82, 2.24) is 15.1 Å². The van der Waals surface area contributed by atoms with E-state index >= 15 is 0 Å². The van der Waals surface area contributed by atoms with Gasteiger partial charge in [-0.3, -0.25) is 0 Å². The van der Waals surface area contributed by atoms with Gasteiger partial charge in [0, 0.05) is 23.0 Å². The summed E-state index contributed by atoms with van der Waals surface area (Å²) in [6, 6.07) is 5.77. The Hall–Kier alpha value is -1.51. The largest absolute Gasteiger partial charge is 0.448 e. The number of ether oxygens (including phenoxy) is 1. The minimum atomic E-state index is -0.235. The Morgan fingerprint density at radius 2 is 2.35 bits per heavy atom. The fraction of sp³-hybridized carbons (Fsp3) is 0.357. The van der Waals surface area contributed by atoms with Gasteiger partial charge in [-0.25, -0.2) is 4.79 Å². The molecule has 1 saturated heterocycles. The molecule has 1 amide bonds. The minimum absolute atomic E-state index is 0.235. The third kappa shape index (κ3) is 4.27. The van der Waals surface area contributed by atoms with Gasteiger partial charge in [-0.15, -0.1) is 10.2 Å². The molecular weight excluding hydrogens is 356 g/mol. The van der Waals surface area contributed by atoms with Gasteiger partial charge < -0.3 is 15.0 Å². The summed E-state index contributed by atoms with van der Waals surface area (Å²) in [5.74, 6) is 0.764. The number of thioether (sulfide) groups is 1. The normalized spacial score (nSPS) is 14.2. The Bertz CT molecular complexity index is 710. The number of hydrogen-bond acceptors (Lipinski definition) is 7. The summed E-state index contributed by atoms with van der Waals surface area (Å²) < 4.78 is 5.75. The fourth-order valence-electron chi connectivity index (χ4n) is 1.98. The van der Waals surface area contributed by atoms with Crippen molar-refractivity contribution in [2.24, 2.45) is 0 Å². The van der Waals surface area contributed by atoms with Crippen LogP contribution in [-0.2, 0) is 4.74 Å². The first-order chi connectivity index (χ1) is 11.1. The molecule has 1 aromatic heterocycles. The van der Waals surface area contributed by atoms with Crippen LogP contribution in [0, 0.1) is 6.92 Å². The summed E-state index contributed by atoms with van der Waals surface area (Å²) in [6.07, 6.45) is -0.235. The van der Waals surface area contributed by atoms with Gasteiger partial charge in [0.15, 0.2) is 4.34 Å². The number of nitrogens with zero attached hydrogens (tertiary/aromatic N) is 3. The Kier molecular flexibility index (Phi) is 5.24. The third-order valence-electron chi connectivity index (χ3n) is 3.26. The van der Waals surface area contributed by atoms with Gasteiger partial charge in [0.05, 0.1) is 6.54 Å². The number of cyclic esters (lactones) is 1. The lowest BCUT2D eigenvalue weighted by Crippen LogP contribution is -2.26. The second-order valence-corrected chi connectivity index (χ2v) is 7.64. The maximum atomic E-state index is 11.3. The quantitative estimate of drug-likeness (QED) is 0.780. The molecule has 0 radical (unpaired) electrons. The topological polar surface area (TPSA) is 67.3 Å². The average molecular weight is 371 g/mol. The van der Waals surface area contributed by atoms with E-state index < -0.39 is 0 Å². The maximum absolute atomic E-state index is 11.3. The molecule has 1 aliphatic rings. The van der Waals surface area contributed by atoms with Crippen LogP contribution in [0.1, 0.15) is 5.56 Å². The summed E-state index contributed by atoms with van der Waals surface area (Å²) in [4.78, 5) is 13.0. The standard InChI is InChI=1S/C14H15ClN4O2S2/c1-9-2-3-10(8-11(9)15)16-12-17-18-13(23-12)22-7-5-19-4-6-21-14(19)20/h2-3,8H,4-7H2,1H3,(H,16,17). The molecule has 1 fully saturated rings. The van der Waals surface area contributed by atoms with Gasteiger partial charge in [-0.05, 0) is 24.6 Å². The molecule has 0 saturated carbocycles. The van der Waals surface area contributed by atoms with Crippen LogP contribution in [0.15, 0.2) is 22.5 Å². The molecule has 0 spiro atoms. The van der Waals surface area contributed by atoms with Crippen molar-refractivity contribution in [3.05, 3.63) is 28.8 Å². The molecule has 0 aliphatic carbocycles. The minimum Gasteiger partial charge on any atom is -0.448 e. The zero-order valence-electron chi connectivity index (χ0n) is 12.4. The van der Waals surface area contributed by atoms with Crippen LogP contribution in [0.25, 0.3) is 0 Å². The molecule has 122 valence electrons. The Labute approximate surface area is 147 Å². The summed E-state index contributed by atoms with van der Waals surface area (Å²) in [5.41, 5.74) is 1.92. The number of nitrogens with one attached hydrogen (secondary N) is 1. The lowest BCUT2D eigenvalue weighted by Gasteiger charge is -2.10. The van der Waals surface area contributed by atoms with E-state index in [1.54, 1.807) is 16.7 Å². The molecule has 23 heavy (non-hydrogen) atoms. The molecule has 2 heterocycles. The number of carbonyl (C=O) groups excluding carboxylic acids is 1. The number of rotatable bonds is 6. The number of anilines is 2. The molecule has 3 rings (SSSR count). The fourth-order valence-corrected chi connectivity index (χ4v) is 3.97. The number of carbonyl (C=O) groups is 1. The number of hydrogen-bond donors (Lipinski definition) is 1. The number of aryl methyl sites for hydroxylation is 1. The Balaban J connectivity index is 1.51. The van der Waals surface area contributed by atoms with Gasteiger partial charge in [-0.1, -0.05) is 40.8 Å². The van der Waals surface area contributed by atoms with E-state index in [1.165, 1.54) is 11.3 Å². The van der Waals surface area contributed by atoms with Crippen LogP contribution in [0.5, 0.6) is 0 Å². The summed E-state index contributed by atoms with van der Waals surface area (Å²) in [5, 5.41) is 12.9. The Morgan fingerprint density at radius 1 is 1.48 bits per heavy atom. The van der Waals surface area contributed by atoms with Gasteiger partial charge in [0.25, 0.3) is 0 Å². The highest BCUT2D eigenvalue weighted by atomic mass is 35.5. The number of benzene rings is 1. The first-order valence-corrected chi connectivity index (χ1v) is 9.21. The zero-order chi connectivity index (χ0) is 16.2. The molecule has 6 nitrogen and oxygen atoms in total. The molecule has 9 heteroatoms. The van der Waals surface area contributed by atoms with Crippen LogP contribution in [0.4, 0.5) is 15.6 Å². The molecule has 2 aromatic rings. The summed E-state index contributed by atoms with van der Waals surface area (Å²) in [7, 11) is 0. The van der Waals surface area contributed by atoms with E-state index in [0.717, 1.165) is 21.3 Å². The highest BCUT2D eigenvalue weighted by molar-refractivity contribution is 8.01. The van der Waals surface area contributed by atoms with Crippen molar-refractivity contribution in [3.63, 3.8) is 0 Å². The molecule has 1 aromatic carbocycles. The van der Waals surface area contributed by atoms with E-state index in [0.29, 0.717) is 29.9 Å². The van der Waals surface area contributed by atoms with E-state index in [-0.39, 0.29) is 6.09 Å². The third-order valence-corrected chi connectivity index (χ3v) is 5.62. The molecule has 1 N–H and O–H groups in total. The monoisotopic (exact) mass is 370 g/mol. The molecule has 1 aliphatic heterocycles. The van der Waals surface area contributed by atoms with Crippen LogP contribution in [-0.4, -0.2) is 46.6 Å². The molecule has 0 unspecified atom stereocenters. The number of halogens is 1. The second kappa shape index (κ2) is 7.37. The van der Waals surface area contributed by atoms with Gasteiger partial charge in [0.2, 0.25) is 5.13 Å². The van der Waals surface area contributed by atoms with Crippen molar-refractivity contribution in [3.8, 4) is 0 Å². The lowest BCUT2D eigenvalue weighted by molar-refractivity contribution is 0.160. The van der Waals surface area contributed by atoms with E-state index in [9.17, 15) is 4.79 Å². The number of aromatic nitrogens is 2. The van der Waals surface area contributed by atoms with Gasteiger partial charge in [-0.2, -0.15) is 0 Å².